The van der Waals surface area contributed by atoms with Crippen LogP contribution in [0.5, 0.6) is 0 Å². The summed E-state index contributed by atoms with van der Waals surface area (Å²) in [6.07, 6.45) is -0.159. The van der Waals surface area contributed by atoms with Gasteiger partial charge in [0.2, 0.25) is 0 Å². The third-order valence-corrected chi connectivity index (χ3v) is 3.56. The van der Waals surface area contributed by atoms with Gasteiger partial charge in [-0.2, -0.15) is 0 Å². The minimum Gasteiger partial charge on any atom is -0.480 e. The van der Waals surface area contributed by atoms with Crippen molar-refractivity contribution < 1.29 is 14.6 Å². The molecule has 1 aliphatic heterocycles. The molecule has 0 saturated carbocycles. The van der Waals surface area contributed by atoms with E-state index in [2.05, 4.69) is 0 Å². The molecular weight excluding hydrogens is 277 g/mol. The molecule has 0 unspecified atom stereocenters. The predicted molar refractivity (Wildman–Crippen MR) is 69.2 cm³/mol. The van der Waals surface area contributed by atoms with E-state index in [9.17, 15) is 4.79 Å². The van der Waals surface area contributed by atoms with Gasteiger partial charge in [0.15, 0.2) is 0 Å². The number of nitrogens with zero attached hydrogens (tertiary/aromatic N) is 1. The first-order valence-corrected chi connectivity index (χ1v) is 6.32. The molecule has 1 aromatic carbocycles. The van der Waals surface area contributed by atoms with Crippen molar-refractivity contribution in [2.75, 3.05) is 26.2 Å². The van der Waals surface area contributed by atoms with Gasteiger partial charge < -0.3 is 9.84 Å². The lowest BCUT2D eigenvalue weighted by Crippen LogP contribution is -2.41. The molecule has 0 aromatic heterocycles. The lowest BCUT2D eigenvalue weighted by Gasteiger charge is -2.32. The highest BCUT2D eigenvalue weighted by molar-refractivity contribution is 6.42. The number of rotatable bonds is 3. The first kappa shape index (κ1) is 13.6. The van der Waals surface area contributed by atoms with Crippen LogP contribution < -0.4 is 0 Å². The summed E-state index contributed by atoms with van der Waals surface area (Å²) in [5, 5.41) is 9.76. The van der Waals surface area contributed by atoms with Gasteiger partial charge in [-0.25, -0.2) is 0 Å². The maximum absolute atomic E-state index is 10.7. The molecule has 0 spiro atoms. The third kappa shape index (κ3) is 3.36. The van der Waals surface area contributed by atoms with Crippen LogP contribution in [0.4, 0.5) is 0 Å². The van der Waals surface area contributed by atoms with Crippen LogP contribution in [0.15, 0.2) is 18.2 Å². The van der Waals surface area contributed by atoms with E-state index in [0.29, 0.717) is 29.7 Å². The number of halogens is 2. The van der Waals surface area contributed by atoms with E-state index < -0.39 is 5.97 Å². The van der Waals surface area contributed by atoms with Crippen molar-refractivity contribution in [3.8, 4) is 0 Å². The Labute approximate surface area is 115 Å². The predicted octanol–water partition coefficient (Wildman–Crippen LogP) is 2.45. The van der Waals surface area contributed by atoms with Gasteiger partial charge in [-0.1, -0.05) is 29.3 Å². The van der Waals surface area contributed by atoms with Gasteiger partial charge in [-0.3, -0.25) is 9.69 Å². The second-order valence-corrected chi connectivity index (χ2v) is 4.98. The molecule has 1 fully saturated rings. The van der Waals surface area contributed by atoms with E-state index in [-0.39, 0.29) is 12.6 Å². The van der Waals surface area contributed by atoms with E-state index in [1.807, 2.05) is 11.0 Å². The van der Waals surface area contributed by atoms with Crippen LogP contribution in [0.25, 0.3) is 0 Å². The Bertz CT molecular complexity index is 453. The van der Waals surface area contributed by atoms with Crippen LogP contribution in [0.1, 0.15) is 11.7 Å². The Morgan fingerprint density at radius 3 is 2.89 bits per heavy atom. The summed E-state index contributed by atoms with van der Waals surface area (Å²) in [5.74, 6) is -0.829. The molecule has 1 saturated heterocycles. The molecule has 0 bridgehead atoms. The van der Waals surface area contributed by atoms with Crippen LogP contribution in [-0.4, -0.2) is 42.2 Å². The molecule has 1 N–H and O–H groups in total. The SMILES string of the molecule is O=C(O)CN1CCO[C@@H](c2ccc(Cl)c(Cl)c2)C1. The third-order valence-electron chi connectivity index (χ3n) is 2.82. The second-order valence-electron chi connectivity index (χ2n) is 4.16. The summed E-state index contributed by atoms with van der Waals surface area (Å²) in [7, 11) is 0. The number of carboxylic acid groups (broad SMARTS) is 1. The molecule has 1 atom stereocenters. The van der Waals surface area contributed by atoms with Crippen LogP contribution in [-0.2, 0) is 9.53 Å². The van der Waals surface area contributed by atoms with Gasteiger partial charge in [-0.05, 0) is 17.7 Å². The zero-order chi connectivity index (χ0) is 13.1. The van der Waals surface area contributed by atoms with Crippen LogP contribution in [0.2, 0.25) is 10.0 Å². The number of morpholine rings is 1. The minimum atomic E-state index is -0.829. The molecule has 0 radical (unpaired) electrons. The van der Waals surface area contributed by atoms with Gasteiger partial charge in [-0.15, -0.1) is 0 Å². The van der Waals surface area contributed by atoms with E-state index in [0.717, 1.165) is 5.56 Å². The topological polar surface area (TPSA) is 49.8 Å². The molecule has 1 aliphatic rings. The molecule has 1 heterocycles. The molecule has 2 rings (SSSR count). The number of aliphatic carboxylic acids is 1. The largest absolute Gasteiger partial charge is 0.480 e. The molecule has 0 amide bonds. The van der Waals surface area contributed by atoms with E-state index in [1.165, 1.54) is 0 Å². The highest BCUT2D eigenvalue weighted by Gasteiger charge is 2.23. The van der Waals surface area contributed by atoms with Crippen molar-refractivity contribution in [1.29, 1.82) is 0 Å². The second kappa shape index (κ2) is 5.89. The molecular formula is C12H13Cl2NO3. The van der Waals surface area contributed by atoms with Gasteiger partial charge in [0.1, 0.15) is 0 Å². The molecule has 98 valence electrons. The molecule has 18 heavy (non-hydrogen) atoms. The maximum atomic E-state index is 10.7. The molecule has 6 heteroatoms. The van der Waals surface area contributed by atoms with Crippen LogP contribution in [0.3, 0.4) is 0 Å². The number of benzene rings is 1. The number of hydrogen-bond donors (Lipinski definition) is 1. The lowest BCUT2D eigenvalue weighted by atomic mass is 10.1. The van der Waals surface area contributed by atoms with E-state index in [1.54, 1.807) is 12.1 Å². The summed E-state index contributed by atoms with van der Waals surface area (Å²) >= 11 is 11.8. The Hall–Kier alpha value is -0.810. The zero-order valence-electron chi connectivity index (χ0n) is 9.60. The first-order valence-electron chi connectivity index (χ1n) is 5.57. The Kier molecular flexibility index (Phi) is 4.45. The average Bonchev–Trinajstić information content (AvgIpc) is 2.32. The quantitative estimate of drug-likeness (QED) is 0.929. The van der Waals surface area contributed by atoms with Crippen molar-refractivity contribution >= 4 is 29.2 Å². The van der Waals surface area contributed by atoms with Crippen molar-refractivity contribution in [3.05, 3.63) is 33.8 Å². The Balaban J connectivity index is 2.08. The van der Waals surface area contributed by atoms with Gasteiger partial charge in [0.25, 0.3) is 0 Å². The zero-order valence-corrected chi connectivity index (χ0v) is 11.1. The average molecular weight is 290 g/mol. The monoisotopic (exact) mass is 289 g/mol. The van der Waals surface area contributed by atoms with Crippen LogP contribution >= 0.6 is 23.2 Å². The van der Waals surface area contributed by atoms with Crippen molar-refractivity contribution in [1.82, 2.24) is 4.90 Å². The van der Waals surface area contributed by atoms with E-state index >= 15 is 0 Å². The molecule has 4 nitrogen and oxygen atoms in total. The van der Waals surface area contributed by atoms with Crippen molar-refractivity contribution in [2.24, 2.45) is 0 Å². The smallest absolute Gasteiger partial charge is 0.317 e. The number of hydrogen-bond acceptors (Lipinski definition) is 3. The van der Waals surface area contributed by atoms with Crippen LogP contribution in [0, 0.1) is 0 Å². The summed E-state index contributed by atoms with van der Waals surface area (Å²) in [6.45, 7) is 1.72. The Morgan fingerprint density at radius 2 is 2.22 bits per heavy atom. The number of ether oxygens (including phenoxy) is 1. The summed E-state index contributed by atoms with van der Waals surface area (Å²) in [6, 6.07) is 5.33. The standard InChI is InChI=1S/C12H13Cl2NO3/c13-9-2-1-8(5-10(9)14)11-6-15(3-4-18-11)7-12(16)17/h1-2,5,11H,3-4,6-7H2,(H,16,17)/t11-/m1/s1. The summed E-state index contributed by atoms with van der Waals surface area (Å²) in [5.41, 5.74) is 0.916. The van der Waals surface area contributed by atoms with Crippen molar-refractivity contribution in [2.45, 2.75) is 6.10 Å². The van der Waals surface area contributed by atoms with Gasteiger partial charge in [0.05, 0.1) is 29.3 Å². The van der Waals surface area contributed by atoms with Gasteiger partial charge >= 0.3 is 5.97 Å². The lowest BCUT2D eigenvalue weighted by molar-refractivity contribution is -0.140. The summed E-state index contributed by atoms with van der Waals surface area (Å²) in [4.78, 5) is 12.5. The number of carboxylic acids is 1. The molecule has 0 aliphatic carbocycles. The first-order chi connectivity index (χ1) is 8.56. The van der Waals surface area contributed by atoms with Gasteiger partial charge in [0, 0.05) is 13.1 Å². The summed E-state index contributed by atoms with van der Waals surface area (Å²) < 4.78 is 5.63. The normalized spacial score (nSPS) is 20.9. The Morgan fingerprint density at radius 1 is 1.44 bits per heavy atom. The highest BCUT2D eigenvalue weighted by atomic mass is 35.5. The van der Waals surface area contributed by atoms with Crippen molar-refractivity contribution in [3.63, 3.8) is 0 Å². The fraction of sp³-hybridized carbons (Fsp3) is 0.417. The fourth-order valence-electron chi connectivity index (χ4n) is 1.95. The fourth-order valence-corrected chi connectivity index (χ4v) is 2.26. The highest BCUT2D eigenvalue weighted by Crippen LogP contribution is 2.28. The van der Waals surface area contributed by atoms with E-state index in [4.69, 9.17) is 33.0 Å². The maximum Gasteiger partial charge on any atom is 0.317 e. The minimum absolute atomic E-state index is 0.0290. The number of carbonyl (C=O) groups is 1. The molecule has 1 aromatic rings.